The van der Waals surface area contributed by atoms with Crippen molar-refractivity contribution in [2.75, 3.05) is 0 Å². The van der Waals surface area contributed by atoms with Gasteiger partial charge in [0.1, 0.15) is 10.5 Å². The minimum Gasteiger partial charge on any atom is -0.504 e. The Bertz CT molecular complexity index is 1240. The third kappa shape index (κ3) is 3.89. The summed E-state index contributed by atoms with van der Waals surface area (Å²) < 4.78 is 16.6. The lowest BCUT2D eigenvalue weighted by Crippen LogP contribution is -2.12. The summed E-state index contributed by atoms with van der Waals surface area (Å²) in [5.74, 6) is -0.635. The average Bonchev–Trinajstić information content (AvgIpc) is 2.76. The molecule has 0 aliphatic carbocycles. The van der Waals surface area contributed by atoms with Gasteiger partial charge in [0.2, 0.25) is 0 Å². The Morgan fingerprint density at radius 2 is 1.60 bits per heavy atom. The molecule has 0 fully saturated rings. The van der Waals surface area contributed by atoms with Crippen molar-refractivity contribution < 1.29 is 9.50 Å². The zero-order valence-corrected chi connectivity index (χ0v) is 17.4. The first-order valence-electron chi connectivity index (χ1n) is 9.75. The minimum atomic E-state index is -0.681. The number of hydrogen-bond acceptors (Lipinski definition) is 3. The molecule has 0 atom stereocenters. The molecule has 1 N–H and O–H groups in total. The summed E-state index contributed by atoms with van der Waals surface area (Å²) >= 11 is 5.89. The number of benzene rings is 3. The Kier molecular flexibility index (Phi) is 5.72. The molecule has 3 aromatic carbocycles. The third-order valence-electron chi connectivity index (χ3n) is 5.11. The van der Waals surface area contributed by atoms with E-state index in [-0.39, 0.29) is 0 Å². The van der Waals surface area contributed by atoms with Gasteiger partial charge in [-0.3, -0.25) is 0 Å². The summed E-state index contributed by atoms with van der Waals surface area (Å²) in [4.78, 5) is 4.76. The van der Waals surface area contributed by atoms with E-state index in [1.165, 1.54) is 6.07 Å². The van der Waals surface area contributed by atoms with Crippen LogP contribution in [0.1, 0.15) is 11.3 Å². The van der Waals surface area contributed by atoms with E-state index in [2.05, 4.69) is 12.1 Å². The van der Waals surface area contributed by atoms with Gasteiger partial charge in [-0.1, -0.05) is 78.9 Å². The molecule has 30 heavy (non-hydrogen) atoms. The normalized spacial score (nSPS) is 10.9. The largest absolute Gasteiger partial charge is 0.504 e. The SMILES string of the molecule is Cc1nc(-c2cccc(F)c2O)n(CCc2ccccc2)c(=S)c1-c1ccccc1. The van der Waals surface area contributed by atoms with Crippen molar-refractivity contribution in [3.63, 3.8) is 0 Å². The molecule has 150 valence electrons. The second-order valence-electron chi connectivity index (χ2n) is 7.09. The molecule has 0 saturated heterocycles. The Morgan fingerprint density at radius 1 is 0.933 bits per heavy atom. The van der Waals surface area contributed by atoms with Crippen LogP contribution >= 0.6 is 12.2 Å². The fraction of sp³-hybridized carbons (Fsp3) is 0.120. The molecule has 0 unspecified atom stereocenters. The van der Waals surface area contributed by atoms with E-state index in [0.29, 0.717) is 22.6 Å². The Labute approximate surface area is 180 Å². The van der Waals surface area contributed by atoms with Crippen LogP contribution in [-0.4, -0.2) is 14.7 Å². The molecule has 5 heteroatoms. The number of hydrogen-bond donors (Lipinski definition) is 1. The number of rotatable bonds is 5. The van der Waals surface area contributed by atoms with Crippen molar-refractivity contribution in [2.24, 2.45) is 0 Å². The van der Waals surface area contributed by atoms with E-state index in [1.54, 1.807) is 12.1 Å². The van der Waals surface area contributed by atoms with Crippen LogP contribution in [0.2, 0.25) is 0 Å². The number of phenolic OH excluding ortho intramolecular Hbond substituents is 1. The molecule has 1 aromatic heterocycles. The van der Waals surface area contributed by atoms with Gasteiger partial charge >= 0.3 is 0 Å². The molecular formula is C25H21FN2OS. The van der Waals surface area contributed by atoms with Crippen molar-refractivity contribution in [2.45, 2.75) is 19.9 Å². The lowest BCUT2D eigenvalue weighted by Gasteiger charge is -2.19. The number of aromatic nitrogens is 2. The average molecular weight is 417 g/mol. The van der Waals surface area contributed by atoms with Crippen molar-refractivity contribution in [1.82, 2.24) is 9.55 Å². The van der Waals surface area contributed by atoms with Crippen LogP contribution in [0.3, 0.4) is 0 Å². The first kappa shape index (κ1) is 20.0. The number of phenols is 1. The first-order valence-corrected chi connectivity index (χ1v) is 10.2. The summed E-state index contributed by atoms with van der Waals surface area (Å²) in [5.41, 5.74) is 4.09. The van der Waals surface area contributed by atoms with E-state index in [0.717, 1.165) is 28.8 Å². The van der Waals surface area contributed by atoms with Crippen LogP contribution in [0.5, 0.6) is 5.75 Å². The number of nitrogens with zero attached hydrogens (tertiary/aromatic N) is 2. The van der Waals surface area contributed by atoms with Crippen molar-refractivity contribution in [3.8, 4) is 28.3 Å². The molecule has 0 radical (unpaired) electrons. The number of para-hydroxylation sites is 1. The fourth-order valence-electron chi connectivity index (χ4n) is 3.59. The highest BCUT2D eigenvalue weighted by molar-refractivity contribution is 7.71. The molecule has 0 aliphatic heterocycles. The number of aryl methyl sites for hydroxylation is 2. The third-order valence-corrected chi connectivity index (χ3v) is 5.53. The zero-order chi connectivity index (χ0) is 21.1. The van der Waals surface area contributed by atoms with Gasteiger partial charge in [-0.2, -0.15) is 0 Å². The van der Waals surface area contributed by atoms with Crippen LogP contribution in [0.25, 0.3) is 22.5 Å². The van der Waals surface area contributed by atoms with Crippen LogP contribution in [0.15, 0.2) is 78.9 Å². The van der Waals surface area contributed by atoms with Gasteiger partial charge in [0.25, 0.3) is 0 Å². The quantitative estimate of drug-likeness (QED) is 0.386. The predicted molar refractivity (Wildman–Crippen MR) is 120 cm³/mol. The van der Waals surface area contributed by atoms with Crippen molar-refractivity contribution >= 4 is 12.2 Å². The zero-order valence-electron chi connectivity index (χ0n) is 16.5. The number of halogens is 1. The summed E-state index contributed by atoms with van der Waals surface area (Å²) in [6.45, 7) is 2.45. The molecule has 4 rings (SSSR count). The van der Waals surface area contributed by atoms with Crippen LogP contribution < -0.4 is 0 Å². The fourth-order valence-corrected chi connectivity index (χ4v) is 4.04. The van der Waals surface area contributed by atoms with Gasteiger partial charge in [-0.05, 0) is 36.6 Å². The van der Waals surface area contributed by atoms with Gasteiger partial charge in [0, 0.05) is 12.1 Å². The van der Waals surface area contributed by atoms with E-state index < -0.39 is 11.6 Å². The molecular weight excluding hydrogens is 395 g/mol. The predicted octanol–water partition coefficient (Wildman–Crippen LogP) is 6.34. The second-order valence-corrected chi connectivity index (χ2v) is 7.48. The van der Waals surface area contributed by atoms with Crippen molar-refractivity contribution in [3.05, 3.63) is 101 Å². The summed E-state index contributed by atoms with van der Waals surface area (Å²) in [6, 6.07) is 24.4. The molecule has 0 saturated carbocycles. The highest BCUT2D eigenvalue weighted by Gasteiger charge is 2.18. The molecule has 3 nitrogen and oxygen atoms in total. The van der Waals surface area contributed by atoms with Crippen LogP contribution in [-0.2, 0) is 13.0 Å². The van der Waals surface area contributed by atoms with Gasteiger partial charge in [0.15, 0.2) is 11.6 Å². The topological polar surface area (TPSA) is 38.1 Å². The van der Waals surface area contributed by atoms with E-state index in [1.807, 2.05) is 60.0 Å². The van der Waals surface area contributed by atoms with Crippen LogP contribution in [0.4, 0.5) is 4.39 Å². The second kappa shape index (κ2) is 8.59. The smallest absolute Gasteiger partial charge is 0.165 e. The Balaban J connectivity index is 1.91. The van der Waals surface area contributed by atoms with E-state index in [4.69, 9.17) is 17.2 Å². The van der Waals surface area contributed by atoms with E-state index in [9.17, 15) is 9.50 Å². The highest BCUT2D eigenvalue weighted by Crippen LogP contribution is 2.33. The van der Waals surface area contributed by atoms with Gasteiger partial charge in [0.05, 0.1) is 11.3 Å². The molecule has 0 amide bonds. The monoisotopic (exact) mass is 416 g/mol. The molecule has 0 spiro atoms. The maximum atomic E-state index is 14.1. The number of aromatic hydroxyl groups is 1. The van der Waals surface area contributed by atoms with Crippen molar-refractivity contribution in [1.29, 1.82) is 0 Å². The Morgan fingerprint density at radius 3 is 2.30 bits per heavy atom. The molecule has 0 aliphatic rings. The first-order chi connectivity index (χ1) is 14.6. The Hall–Kier alpha value is -3.31. The lowest BCUT2D eigenvalue weighted by molar-refractivity contribution is 0.433. The molecule has 4 aromatic rings. The van der Waals surface area contributed by atoms with Gasteiger partial charge in [-0.25, -0.2) is 9.37 Å². The van der Waals surface area contributed by atoms with Gasteiger partial charge < -0.3 is 9.67 Å². The van der Waals surface area contributed by atoms with Gasteiger partial charge in [-0.15, -0.1) is 0 Å². The summed E-state index contributed by atoms with van der Waals surface area (Å²) in [7, 11) is 0. The summed E-state index contributed by atoms with van der Waals surface area (Å²) in [5, 5.41) is 10.4. The maximum Gasteiger partial charge on any atom is 0.165 e. The summed E-state index contributed by atoms with van der Waals surface area (Å²) in [6.07, 6.45) is 0.733. The highest BCUT2D eigenvalue weighted by atomic mass is 32.1. The lowest BCUT2D eigenvalue weighted by atomic mass is 10.0. The standard InChI is InChI=1S/C25H21FN2OS/c1-17-22(19-11-6-3-7-12-19)25(30)28(16-15-18-9-4-2-5-10-18)24(27-17)20-13-8-14-21(26)23(20)29/h2-14,29H,15-16H2,1H3. The van der Waals surface area contributed by atoms with E-state index >= 15 is 0 Å². The minimum absolute atomic E-state index is 0.330. The maximum absolute atomic E-state index is 14.1. The molecule has 1 heterocycles. The van der Waals surface area contributed by atoms with Crippen LogP contribution in [0, 0.1) is 17.4 Å². The molecule has 0 bridgehead atoms.